The van der Waals surface area contributed by atoms with Crippen LogP contribution in [0.5, 0.6) is 0 Å². The van der Waals surface area contributed by atoms with Crippen LogP contribution in [0.15, 0.2) is 36.6 Å². The third-order valence-electron chi connectivity index (χ3n) is 1.68. The summed E-state index contributed by atoms with van der Waals surface area (Å²) >= 11 is 0. The van der Waals surface area contributed by atoms with Crippen LogP contribution in [0.4, 0.5) is 0 Å². The van der Waals surface area contributed by atoms with Gasteiger partial charge in [0.15, 0.2) is 0 Å². The third kappa shape index (κ3) is 11.3. The van der Waals surface area contributed by atoms with E-state index in [2.05, 4.69) is 32.0 Å². The Bertz CT molecular complexity index is 333. The van der Waals surface area contributed by atoms with E-state index in [1.165, 1.54) is 12.6 Å². The summed E-state index contributed by atoms with van der Waals surface area (Å²) in [6.45, 7) is 19.5. The molecule has 1 rings (SSSR count). The highest BCUT2D eigenvalue weighted by atomic mass is 14.9. The quantitative estimate of drug-likeness (QED) is 0.623. The van der Waals surface area contributed by atoms with Crippen LogP contribution < -0.4 is 0 Å². The van der Waals surface area contributed by atoms with Gasteiger partial charge in [0.05, 0.1) is 11.9 Å². The monoisotopic (exact) mass is 264 g/mol. The first-order valence-corrected chi connectivity index (χ1v) is 7.13. The van der Waals surface area contributed by atoms with Gasteiger partial charge >= 0.3 is 0 Å². The van der Waals surface area contributed by atoms with Crippen LogP contribution in [-0.2, 0) is 7.05 Å². The summed E-state index contributed by atoms with van der Waals surface area (Å²) in [4.78, 5) is 3.95. The van der Waals surface area contributed by atoms with E-state index in [1.54, 1.807) is 6.21 Å². The fraction of sp³-hybridized carbons (Fsp3) is 0.471. The molecule has 19 heavy (non-hydrogen) atoms. The van der Waals surface area contributed by atoms with Gasteiger partial charge in [-0.1, -0.05) is 67.2 Å². The van der Waals surface area contributed by atoms with Gasteiger partial charge < -0.3 is 4.57 Å². The van der Waals surface area contributed by atoms with Gasteiger partial charge in [-0.2, -0.15) is 0 Å². The van der Waals surface area contributed by atoms with E-state index in [-0.39, 0.29) is 0 Å². The summed E-state index contributed by atoms with van der Waals surface area (Å²) in [5, 5.41) is 0. The lowest BCUT2D eigenvalue weighted by atomic mass is 10.2. The minimum atomic E-state index is 1.05. The number of aryl methyl sites for hydroxylation is 1. The molecule has 0 spiro atoms. The Morgan fingerprint density at radius 2 is 1.63 bits per heavy atom. The zero-order valence-corrected chi connectivity index (χ0v) is 13.9. The molecule has 0 amide bonds. The summed E-state index contributed by atoms with van der Waals surface area (Å²) in [6, 6.07) is 2.00. The van der Waals surface area contributed by atoms with E-state index in [0.29, 0.717) is 0 Å². The first-order chi connectivity index (χ1) is 9.21. The van der Waals surface area contributed by atoms with Crippen molar-refractivity contribution in [2.24, 2.45) is 12.0 Å². The zero-order chi connectivity index (χ0) is 15.7. The van der Waals surface area contributed by atoms with Gasteiger partial charge in [-0.25, -0.2) is 0 Å². The van der Waals surface area contributed by atoms with E-state index in [9.17, 15) is 0 Å². The number of hydrogen-bond acceptors (Lipinski definition) is 1. The molecule has 0 fully saturated rings. The van der Waals surface area contributed by atoms with Crippen molar-refractivity contribution in [3.8, 4) is 0 Å². The second-order valence-corrected chi connectivity index (χ2v) is 3.14. The second kappa shape index (κ2) is 18.8. The number of rotatable bonds is 3. The number of nitrogens with zero attached hydrogens (tertiary/aromatic N) is 2. The van der Waals surface area contributed by atoms with Crippen LogP contribution in [0.3, 0.4) is 0 Å². The standard InChI is InChI=1S/C10H12N2.C3H8.2C2H6/c1-4-9-6-7-12(3)10(9)8-11-5-2;1-3-2;2*1-2/h4-8H,1-2H2,3H3;3H2,1-2H3;2*1-2H3. The lowest BCUT2D eigenvalue weighted by Gasteiger charge is -1.96. The molecule has 0 aromatic carbocycles. The first kappa shape index (κ1) is 22.6. The zero-order valence-electron chi connectivity index (χ0n) is 13.9. The molecule has 0 saturated carbocycles. The average Bonchev–Trinajstić information content (AvgIpc) is 2.82. The summed E-state index contributed by atoms with van der Waals surface area (Å²) in [6.07, 6.45) is 8.32. The van der Waals surface area contributed by atoms with Gasteiger partial charge in [0.1, 0.15) is 0 Å². The molecule has 1 aromatic heterocycles. The number of hydrogen-bond donors (Lipinski definition) is 0. The van der Waals surface area contributed by atoms with Crippen molar-refractivity contribution < 1.29 is 0 Å². The topological polar surface area (TPSA) is 17.3 Å². The molecular formula is C17H32N2. The van der Waals surface area contributed by atoms with Crippen LogP contribution >= 0.6 is 0 Å². The summed E-state index contributed by atoms with van der Waals surface area (Å²) < 4.78 is 1.99. The molecule has 1 heterocycles. The average molecular weight is 264 g/mol. The Morgan fingerprint density at radius 1 is 1.16 bits per heavy atom. The Labute approximate surface area is 120 Å². The molecule has 0 radical (unpaired) electrons. The molecule has 0 aliphatic heterocycles. The minimum absolute atomic E-state index is 1.05. The van der Waals surface area contributed by atoms with Crippen LogP contribution in [0, 0.1) is 0 Å². The molecule has 2 nitrogen and oxygen atoms in total. The van der Waals surface area contributed by atoms with Crippen molar-refractivity contribution in [3.63, 3.8) is 0 Å². The van der Waals surface area contributed by atoms with Crippen molar-refractivity contribution in [1.82, 2.24) is 4.57 Å². The molecule has 0 unspecified atom stereocenters. The molecule has 2 heteroatoms. The molecule has 1 aromatic rings. The number of aromatic nitrogens is 1. The number of aliphatic imine (C=N–C) groups is 1. The highest BCUT2D eigenvalue weighted by Crippen LogP contribution is 2.08. The SMILES string of the molecule is C=CN=Cc1c(C=C)ccn1C.CC.CC.CCC. The smallest absolute Gasteiger partial charge is 0.0663 e. The van der Waals surface area contributed by atoms with Crippen molar-refractivity contribution in [2.75, 3.05) is 0 Å². The van der Waals surface area contributed by atoms with Crippen molar-refractivity contribution in [2.45, 2.75) is 48.0 Å². The maximum Gasteiger partial charge on any atom is 0.0663 e. The Balaban J connectivity index is -0.000000313. The van der Waals surface area contributed by atoms with Crippen LogP contribution in [0.1, 0.15) is 59.2 Å². The summed E-state index contributed by atoms with van der Waals surface area (Å²) in [5.41, 5.74) is 2.13. The minimum Gasteiger partial charge on any atom is -0.349 e. The second-order valence-electron chi connectivity index (χ2n) is 3.14. The third-order valence-corrected chi connectivity index (χ3v) is 1.68. The van der Waals surface area contributed by atoms with Gasteiger partial charge in [-0.3, -0.25) is 4.99 Å². The lowest BCUT2D eigenvalue weighted by molar-refractivity contribution is 0.917. The molecule has 0 aliphatic rings. The molecule has 0 saturated heterocycles. The van der Waals surface area contributed by atoms with Gasteiger partial charge in [0.2, 0.25) is 0 Å². The van der Waals surface area contributed by atoms with E-state index < -0.39 is 0 Å². The summed E-state index contributed by atoms with van der Waals surface area (Å²) in [7, 11) is 1.97. The highest BCUT2D eigenvalue weighted by Gasteiger charge is 1.98. The van der Waals surface area contributed by atoms with Crippen molar-refractivity contribution >= 4 is 12.3 Å². The Kier molecular flexibility index (Phi) is 22.3. The Hall–Kier alpha value is -1.57. The maximum absolute atomic E-state index is 3.95. The Morgan fingerprint density at radius 3 is 2.00 bits per heavy atom. The van der Waals surface area contributed by atoms with Crippen LogP contribution in [-0.4, -0.2) is 10.8 Å². The van der Waals surface area contributed by atoms with Crippen LogP contribution in [0.2, 0.25) is 0 Å². The highest BCUT2D eigenvalue weighted by molar-refractivity contribution is 5.83. The molecule has 0 aliphatic carbocycles. The lowest BCUT2D eigenvalue weighted by Crippen LogP contribution is -1.94. The van der Waals surface area contributed by atoms with E-state index in [0.717, 1.165) is 11.3 Å². The largest absolute Gasteiger partial charge is 0.349 e. The van der Waals surface area contributed by atoms with Gasteiger partial charge in [0.25, 0.3) is 0 Å². The fourth-order valence-corrected chi connectivity index (χ4v) is 1.02. The summed E-state index contributed by atoms with van der Waals surface area (Å²) in [5.74, 6) is 0. The van der Waals surface area contributed by atoms with Crippen molar-refractivity contribution in [3.05, 3.63) is 42.9 Å². The predicted molar refractivity (Wildman–Crippen MR) is 92.0 cm³/mol. The van der Waals surface area contributed by atoms with Crippen LogP contribution in [0.25, 0.3) is 6.08 Å². The predicted octanol–water partition coefficient (Wildman–Crippen LogP) is 5.70. The van der Waals surface area contributed by atoms with E-state index in [4.69, 9.17) is 0 Å². The van der Waals surface area contributed by atoms with Crippen molar-refractivity contribution in [1.29, 1.82) is 0 Å². The normalized spacial score (nSPS) is 8.16. The van der Waals surface area contributed by atoms with Gasteiger partial charge in [-0.15, -0.1) is 0 Å². The molecule has 0 N–H and O–H groups in total. The molecular weight excluding hydrogens is 232 g/mol. The first-order valence-electron chi connectivity index (χ1n) is 7.13. The van der Waals surface area contributed by atoms with Gasteiger partial charge in [0, 0.05) is 25.0 Å². The van der Waals surface area contributed by atoms with E-state index >= 15 is 0 Å². The molecule has 0 bridgehead atoms. The van der Waals surface area contributed by atoms with E-state index in [1.807, 2.05) is 57.6 Å². The molecule has 110 valence electrons. The maximum atomic E-state index is 3.95. The molecule has 0 atom stereocenters. The van der Waals surface area contributed by atoms with Gasteiger partial charge in [-0.05, 0) is 6.07 Å². The fourth-order valence-electron chi connectivity index (χ4n) is 1.02.